The molecule has 6 heteroatoms. The van der Waals surface area contributed by atoms with Crippen molar-refractivity contribution in [2.75, 3.05) is 18.9 Å². The van der Waals surface area contributed by atoms with Crippen molar-refractivity contribution < 1.29 is 19.5 Å². The van der Waals surface area contributed by atoms with Crippen LogP contribution < -0.4 is 0 Å². The van der Waals surface area contributed by atoms with Crippen molar-refractivity contribution in [3.8, 4) is 0 Å². The lowest BCUT2D eigenvalue weighted by Crippen LogP contribution is -2.45. The summed E-state index contributed by atoms with van der Waals surface area (Å²) in [6.45, 7) is 0.204. The van der Waals surface area contributed by atoms with Crippen LogP contribution in [0.25, 0.3) is 0 Å². The number of imide groups is 1. The van der Waals surface area contributed by atoms with Crippen molar-refractivity contribution in [1.82, 2.24) is 4.90 Å². The molecule has 0 bridgehead atoms. The number of thioether (sulfide) groups is 1. The summed E-state index contributed by atoms with van der Waals surface area (Å²) >= 11 is 0.939. The molecule has 0 aromatic heterocycles. The van der Waals surface area contributed by atoms with E-state index in [2.05, 4.69) is 0 Å². The predicted octanol–water partition coefficient (Wildman–Crippen LogP) is -0.613. The fourth-order valence-electron chi connectivity index (χ4n) is 1.11. The van der Waals surface area contributed by atoms with Crippen LogP contribution in [0, 0.1) is 0 Å². The van der Waals surface area contributed by atoms with Crippen molar-refractivity contribution >= 4 is 28.7 Å². The number of hydrogen-bond acceptors (Lipinski definition) is 5. The SMILES string of the molecule is O=C1SCCN(C(=O)CCCO)C1=O. The molecule has 0 aliphatic carbocycles. The Bertz CT molecular complexity index is 266. The molecule has 1 heterocycles. The Morgan fingerprint density at radius 2 is 2.21 bits per heavy atom. The molecule has 0 atom stereocenters. The summed E-state index contributed by atoms with van der Waals surface area (Å²) in [6.07, 6.45) is 0.435. The second-order valence-electron chi connectivity index (χ2n) is 2.81. The molecule has 1 N–H and O–H groups in total. The van der Waals surface area contributed by atoms with Gasteiger partial charge in [0.05, 0.1) is 0 Å². The minimum absolute atomic E-state index is 0.0868. The van der Waals surface area contributed by atoms with Gasteiger partial charge in [0, 0.05) is 25.3 Å². The van der Waals surface area contributed by atoms with E-state index in [9.17, 15) is 14.4 Å². The van der Waals surface area contributed by atoms with Gasteiger partial charge in [0.2, 0.25) is 5.91 Å². The van der Waals surface area contributed by atoms with Gasteiger partial charge in [-0.1, -0.05) is 11.8 Å². The molecule has 14 heavy (non-hydrogen) atoms. The Kier molecular flexibility index (Phi) is 4.09. The fourth-order valence-corrected chi connectivity index (χ4v) is 1.80. The van der Waals surface area contributed by atoms with E-state index >= 15 is 0 Å². The monoisotopic (exact) mass is 217 g/mol. The Morgan fingerprint density at radius 3 is 2.86 bits per heavy atom. The van der Waals surface area contributed by atoms with E-state index in [0.717, 1.165) is 16.7 Å². The maximum atomic E-state index is 11.3. The van der Waals surface area contributed by atoms with E-state index in [1.165, 1.54) is 0 Å². The Hall–Kier alpha value is -0.880. The van der Waals surface area contributed by atoms with Gasteiger partial charge in [-0.05, 0) is 6.42 Å². The van der Waals surface area contributed by atoms with E-state index in [1.807, 2.05) is 0 Å². The average molecular weight is 217 g/mol. The zero-order valence-corrected chi connectivity index (χ0v) is 8.38. The van der Waals surface area contributed by atoms with E-state index < -0.39 is 11.0 Å². The zero-order valence-electron chi connectivity index (χ0n) is 7.56. The third kappa shape index (κ3) is 2.55. The first-order valence-corrected chi connectivity index (χ1v) is 5.27. The molecule has 0 radical (unpaired) electrons. The number of rotatable bonds is 3. The molecule has 1 aliphatic heterocycles. The summed E-state index contributed by atoms with van der Waals surface area (Å²) in [6, 6.07) is 0. The topological polar surface area (TPSA) is 74.7 Å². The summed E-state index contributed by atoms with van der Waals surface area (Å²) in [5.74, 6) is -0.642. The highest BCUT2D eigenvalue weighted by molar-refractivity contribution is 8.15. The third-order valence-electron chi connectivity index (χ3n) is 1.82. The van der Waals surface area contributed by atoms with Gasteiger partial charge in [-0.3, -0.25) is 19.3 Å². The van der Waals surface area contributed by atoms with Crippen molar-refractivity contribution in [2.24, 2.45) is 0 Å². The number of carbonyl (C=O) groups excluding carboxylic acids is 3. The number of aliphatic hydroxyl groups excluding tert-OH is 1. The highest BCUT2D eigenvalue weighted by Crippen LogP contribution is 2.14. The summed E-state index contributed by atoms with van der Waals surface area (Å²) in [5.41, 5.74) is 0. The molecule has 1 aliphatic rings. The molecular formula is C8H11NO4S. The maximum Gasteiger partial charge on any atom is 0.307 e. The van der Waals surface area contributed by atoms with Crippen LogP contribution >= 0.6 is 11.8 Å². The first-order chi connectivity index (χ1) is 6.66. The number of aliphatic hydroxyl groups is 1. The number of amides is 2. The van der Waals surface area contributed by atoms with Crippen LogP contribution in [0.4, 0.5) is 0 Å². The summed E-state index contributed by atoms with van der Waals surface area (Å²) in [5, 5.41) is 7.93. The van der Waals surface area contributed by atoms with Crippen molar-refractivity contribution in [2.45, 2.75) is 12.8 Å². The molecular weight excluding hydrogens is 206 g/mol. The smallest absolute Gasteiger partial charge is 0.307 e. The number of hydrogen-bond donors (Lipinski definition) is 1. The van der Waals surface area contributed by atoms with Crippen molar-refractivity contribution in [3.63, 3.8) is 0 Å². The quantitative estimate of drug-likeness (QED) is 0.638. The van der Waals surface area contributed by atoms with E-state index in [4.69, 9.17) is 5.11 Å². The van der Waals surface area contributed by atoms with Crippen molar-refractivity contribution in [1.29, 1.82) is 0 Å². The van der Waals surface area contributed by atoms with Crippen LogP contribution in [0.1, 0.15) is 12.8 Å². The minimum atomic E-state index is -0.732. The van der Waals surface area contributed by atoms with Crippen LogP contribution in [0.5, 0.6) is 0 Å². The molecule has 1 fully saturated rings. The van der Waals surface area contributed by atoms with E-state index in [1.54, 1.807) is 0 Å². The highest BCUT2D eigenvalue weighted by atomic mass is 32.2. The molecule has 0 saturated carbocycles. The predicted molar refractivity (Wildman–Crippen MR) is 50.5 cm³/mol. The van der Waals surface area contributed by atoms with E-state index in [-0.39, 0.29) is 18.9 Å². The van der Waals surface area contributed by atoms with Gasteiger partial charge in [0.1, 0.15) is 0 Å². The largest absolute Gasteiger partial charge is 0.396 e. The van der Waals surface area contributed by atoms with E-state index in [0.29, 0.717) is 18.7 Å². The standard InChI is InChI=1S/C8H11NO4S/c10-4-1-2-6(11)9-3-5-14-8(13)7(9)12/h10H,1-5H2. The molecule has 5 nitrogen and oxygen atoms in total. The summed E-state index contributed by atoms with van der Waals surface area (Å²) in [4.78, 5) is 34.5. The summed E-state index contributed by atoms with van der Waals surface area (Å²) in [7, 11) is 0. The third-order valence-corrected chi connectivity index (χ3v) is 2.64. The molecule has 78 valence electrons. The Labute approximate surface area is 85.4 Å². The zero-order chi connectivity index (χ0) is 10.6. The average Bonchev–Trinajstić information content (AvgIpc) is 2.18. The van der Waals surface area contributed by atoms with Crippen LogP contribution in [-0.2, 0) is 14.4 Å². The first-order valence-electron chi connectivity index (χ1n) is 4.29. The van der Waals surface area contributed by atoms with Crippen molar-refractivity contribution in [3.05, 3.63) is 0 Å². The lowest BCUT2D eigenvalue weighted by atomic mass is 10.3. The maximum absolute atomic E-state index is 11.3. The molecule has 1 saturated heterocycles. The van der Waals surface area contributed by atoms with Gasteiger partial charge in [0.15, 0.2) is 0 Å². The van der Waals surface area contributed by atoms with Gasteiger partial charge in [0.25, 0.3) is 5.12 Å². The van der Waals surface area contributed by atoms with Crippen LogP contribution in [0.15, 0.2) is 0 Å². The van der Waals surface area contributed by atoms with Gasteiger partial charge in [-0.15, -0.1) is 0 Å². The van der Waals surface area contributed by atoms with Gasteiger partial charge >= 0.3 is 5.91 Å². The van der Waals surface area contributed by atoms with Gasteiger partial charge in [-0.2, -0.15) is 0 Å². The Balaban J connectivity index is 2.53. The molecule has 0 aromatic carbocycles. The van der Waals surface area contributed by atoms with Gasteiger partial charge in [-0.25, -0.2) is 0 Å². The molecule has 1 rings (SSSR count). The molecule has 0 aromatic rings. The second-order valence-corrected chi connectivity index (χ2v) is 3.88. The fraction of sp³-hybridized carbons (Fsp3) is 0.625. The first kappa shape index (κ1) is 11.2. The molecule has 0 spiro atoms. The van der Waals surface area contributed by atoms with Crippen LogP contribution in [0.3, 0.4) is 0 Å². The van der Waals surface area contributed by atoms with Gasteiger partial charge < -0.3 is 5.11 Å². The number of nitrogens with zero attached hydrogens (tertiary/aromatic N) is 1. The summed E-state index contributed by atoms with van der Waals surface area (Å²) < 4.78 is 0. The minimum Gasteiger partial charge on any atom is -0.396 e. The van der Waals surface area contributed by atoms with Crippen LogP contribution in [-0.4, -0.2) is 45.8 Å². The highest BCUT2D eigenvalue weighted by Gasteiger charge is 2.30. The molecule has 2 amide bonds. The molecule has 0 unspecified atom stereocenters. The second kappa shape index (κ2) is 5.11. The Morgan fingerprint density at radius 1 is 1.50 bits per heavy atom. The van der Waals surface area contributed by atoms with Crippen LogP contribution in [0.2, 0.25) is 0 Å². The lowest BCUT2D eigenvalue weighted by molar-refractivity contribution is -0.149. The normalized spacial score (nSPS) is 17.4. The number of carbonyl (C=O) groups is 3. The lowest BCUT2D eigenvalue weighted by Gasteiger charge is -2.22.